The van der Waals surface area contributed by atoms with E-state index in [1.165, 1.54) is 12.8 Å². The summed E-state index contributed by atoms with van der Waals surface area (Å²) >= 11 is 6.34. The molecule has 2 aromatic rings. The van der Waals surface area contributed by atoms with Crippen LogP contribution in [0.3, 0.4) is 0 Å². The van der Waals surface area contributed by atoms with E-state index >= 15 is 0 Å². The maximum Gasteiger partial charge on any atom is 0.251 e. The third kappa shape index (κ3) is 4.07. The van der Waals surface area contributed by atoms with E-state index in [4.69, 9.17) is 11.6 Å². The standard InChI is InChI=1S/C21H21ClN2O2/c22-19-10-7-16(21(26)24-17-8-9-17)11-18(19)14-3-5-15(6-4-14)20(25)23-12-13-1-2-13/h3-7,10-11,13,17H,1-2,8-9,12H2,(H,23,25)(H,24,26). The third-order valence-corrected chi connectivity index (χ3v) is 5.18. The monoisotopic (exact) mass is 368 g/mol. The largest absolute Gasteiger partial charge is 0.352 e. The minimum atomic E-state index is -0.0681. The van der Waals surface area contributed by atoms with E-state index in [9.17, 15) is 9.59 Å². The summed E-state index contributed by atoms with van der Waals surface area (Å²) in [5.74, 6) is 0.537. The Morgan fingerprint density at radius 2 is 1.62 bits per heavy atom. The molecule has 5 heteroatoms. The Morgan fingerprint density at radius 3 is 2.27 bits per heavy atom. The first-order chi connectivity index (χ1) is 12.6. The van der Waals surface area contributed by atoms with Gasteiger partial charge in [0, 0.05) is 34.3 Å². The van der Waals surface area contributed by atoms with Crippen LogP contribution >= 0.6 is 11.6 Å². The van der Waals surface area contributed by atoms with Crippen molar-refractivity contribution in [3.63, 3.8) is 0 Å². The van der Waals surface area contributed by atoms with Crippen LogP contribution in [-0.4, -0.2) is 24.4 Å². The molecule has 0 unspecified atom stereocenters. The number of hydrogen-bond donors (Lipinski definition) is 2. The quantitative estimate of drug-likeness (QED) is 0.808. The van der Waals surface area contributed by atoms with Crippen molar-refractivity contribution in [2.45, 2.75) is 31.7 Å². The highest BCUT2D eigenvalue weighted by molar-refractivity contribution is 6.33. The summed E-state index contributed by atoms with van der Waals surface area (Å²) in [6.45, 7) is 0.755. The number of amides is 2. The lowest BCUT2D eigenvalue weighted by molar-refractivity contribution is 0.0943. The molecule has 2 saturated carbocycles. The van der Waals surface area contributed by atoms with Gasteiger partial charge in [0.05, 0.1) is 0 Å². The minimum absolute atomic E-state index is 0.0490. The van der Waals surface area contributed by atoms with Crippen LogP contribution in [0.1, 0.15) is 46.4 Å². The van der Waals surface area contributed by atoms with Gasteiger partial charge in [-0.2, -0.15) is 0 Å². The van der Waals surface area contributed by atoms with E-state index in [-0.39, 0.29) is 11.8 Å². The van der Waals surface area contributed by atoms with Crippen molar-refractivity contribution in [3.05, 3.63) is 58.6 Å². The number of benzene rings is 2. The third-order valence-electron chi connectivity index (χ3n) is 4.85. The predicted molar refractivity (Wildman–Crippen MR) is 102 cm³/mol. The van der Waals surface area contributed by atoms with Gasteiger partial charge in [0.1, 0.15) is 0 Å². The second kappa shape index (κ2) is 7.12. The maximum absolute atomic E-state index is 12.3. The summed E-state index contributed by atoms with van der Waals surface area (Å²) in [5.41, 5.74) is 2.91. The predicted octanol–water partition coefficient (Wildman–Crippen LogP) is 4.04. The molecule has 0 radical (unpaired) electrons. The van der Waals surface area contributed by atoms with Crippen molar-refractivity contribution < 1.29 is 9.59 Å². The highest BCUT2D eigenvalue weighted by Gasteiger charge is 2.24. The summed E-state index contributed by atoms with van der Waals surface area (Å²) < 4.78 is 0. The zero-order valence-corrected chi connectivity index (χ0v) is 15.2. The molecule has 0 saturated heterocycles. The van der Waals surface area contributed by atoms with Gasteiger partial charge in [-0.05, 0) is 67.5 Å². The summed E-state index contributed by atoms with van der Waals surface area (Å²) in [6.07, 6.45) is 4.53. The van der Waals surface area contributed by atoms with E-state index < -0.39 is 0 Å². The highest BCUT2D eigenvalue weighted by Crippen LogP contribution is 2.30. The van der Waals surface area contributed by atoms with Crippen LogP contribution in [0.5, 0.6) is 0 Å². The summed E-state index contributed by atoms with van der Waals surface area (Å²) in [4.78, 5) is 24.4. The molecule has 2 fully saturated rings. The fourth-order valence-corrected chi connectivity index (χ4v) is 3.07. The first-order valence-corrected chi connectivity index (χ1v) is 9.47. The first-order valence-electron chi connectivity index (χ1n) is 9.09. The van der Waals surface area contributed by atoms with Crippen LogP contribution in [-0.2, 0) is 0 Å². The molecule has 0 heterocycles. The van der Waals surface area contributed by atoms with Crippen molar-refractivity contribution >= 4 is 23.4 Å². The molecule has 0 spiro atoms. The van der Waals surface area contributed by atoms with Crippen molar-refractivity contribution in [2.75, 3.05) is 6.54 Å². The normalized spacial score (nSPS) is 16.2. The molecule has 4 nitrogen and oxygen atoms in total. The zero-order valence-electron chi connectivity index (χ0n) is 14.4. The Morgan fingerprint density at radius 1 is 0.923 bits per heavy atom. The molecule has 26 heavy (non-hydrogen) atoms. The molecule has 4 rings (SSSR count). The smallest absolute Gasteiger partial charge is 0.251 e. The first kappa shape index (κ1) is 17.1. The van der Waals surface area contributed by atoms with Gasteiger partial charge in [-0.3, -0.25) is 9.59 Å². The van der Waals surface area contributed by atoms with Gasteiger partial charge < -0.3 is 10.6 Å². The van der Waals surface area contributed by atoms with E-state index in [1.54, 1.807) is 24.3 Å². The van der Waals surface area contributed by atoms with Crippen LogP contribution in [0.15, 0.2) is 42.5 Å². The average Bonchev–Trinajstić information content (AvgIpc) is 3.55. The molecule has 0 aliphatic heterocycles. The van der Waals surface area contributed by atoms with Gasteiger partial charge in [0.15, 0.2) is 0 Å². The molecule has 0 bridgehead atoms. The van der Waals surface area contributed by atoms with Crippen molar-refractivity contribution in [3.8, 4) is 11.1 Å². The molecule has 2 N–H and O–H groups in total. The van der Waals surface area contributed by atoms with E-state index in [1.807, 2.05) is 18.2 Å². The molecular formula is C21H21ClN2O2. The van der Waals surface area contributed by atoms with E-state index in [2.05, 4.69) is 10.6 Å². The van der Waals surface area contributed by atoms with Gasteiger partial charge in [0.2, 0.25) is 0 Å². The number of carbonyl (C=O) groups is 2. The number of halogens is 1. The molecule has 2 aliphatic rings. The van der Waals surface area contributed by atoms with Gasteiger partial charge in [-0.15, -0.1) is 0 Å². The van der Waals surface area contributed by atoms with Gasteiger partial charge >= 0.3 is 0 Å². The van der Waals surface area contributed by atoms with Crippen molar-refractivity contribution in [2.24, 2.45) is 5.92 Å². The fourth-order valence-electron chi connectivity index (χ4n) is 2.85. The number of hydrogen-bond acceptors (Lipinski definition) is 2. The minimum Gasteiger partial charge on any atom is -0.352 e. The van der Waals surface area contributed by atoms with Gasteiger partial charge in [-0.1, -0.05) is 23.7 Å². The molecule has 0 atom stereocenters. The zero-order chi connectivity index (χ0) is 18.1. The Balaban J connectivity index is 1.50. The molecule has 2 aromatic carbocycles. The molecule has 134 valence electrons. The molecule has 0 aromatic heterocycles. The second-order valence-corrected chi connectivity index (χ2v) is 7.58. The van der Waals surface area contributed by atoms with Crippen molar-refractivity contribution in [1.82, 2.24) is 10.6 Å². The van der Waals surface area contributed by atoms with Crippen LogP contribution in [0.25, 0.3) is 11.1 Å². The van der Waals surface area contributed by atoms with Crippen LogP contribution < -0.4 is 10.6 Å². The lowest BCUT2D eigenvalue weighted by Crippen LogP contribution is -2.25. The highest BCUT2D eigenvalue weighted by atomic mass is 35.5. The second-order valence-electron chi connectivity index (χ2n) is 7.17. The van der Waals surface area contributed by atoms with Crippen molar-refractivity contribution in [1.29, 1.82) is 0 Å². The lowest BCUT2D eigenvalue weighted by atomic mass is 10.0. The molecular weight excluding hydrogens is 348 g/mol. The van der Waals surface area contributed by atoms with Crippen LogP contribution in [0, 0.1) is 5.92 Å². The summed E-state index contributed by atoms with van der Waals surface area (Å²) in [6, 6.07) is 12.9. The van der Waals surface area contributed by atoms with E-state index in [0.717, 1.165) is 30.5 Å². The Kier molecular flexibility index (Phi) is 4.68. The Labute approximate surface area is 157 Å². The maximum atomic E-state index is 12.3. The number of nitrogens with one attached hydrogen (secondary N) is 2. The summed E-state index contributed by atoms with van der Waals surface area (Å²) in [5, 5.41) is 6.53. The van der Waals surface area contributed by atoms with Gasteiger partial charge in [-0.25, -0.2) is 0 Å². The Hall–Kier alpha value is -2.33. The van der Waals surface area contributed by atoms with Crippen LogP contribution in [0.4, 0.5) is 0 Å². The Bertz CT molecular complexity index is 840. The van der Waals surface area contributed by atoms with Gasteiger partial charge in [0.25, 0.3) is 11.8 Å². The number of carbonyl (C=O) groups excluding carboxylic acids is 2. The van der Waals surface area contributed by atoms with E-state index in [0.29, 0.717) is 28.1 Å². The number of rotatable bonds is 6. The fraction of sp³-hybridized carbons (Fsp3) is 0.333. The molecule has 2 aliphatic carbocycles. The summed E-state index contributed by atoms with van der Waals surface area (Å²) in [7, 11) is 0. The lowest BCUT2D eigenvalue weighted by Gasteiger charge is -2.10. The topological polar surface area (TPSA) is 58.2 Å². The average molecular weight is 369 g/mol. The van der Waals surface area contributed by atoms with Crippen LogP contribution in [0.2, 0.25) is 5.02 Å². The SMILES string of the molecule is O=C(NCC1CC1)c1ccc(-c2cc(C(=O)NC3CC3)ccc2Cl)cc1. The molecule has 2 amide bonds.